The predicted molar refractivity (Wildman–Crippen MR) is 75.7 cm³/mol. The molecule has 1 aromatic heterocycles. The lowest BCUT2D eigenvalue weighted by atomic mass is 9.91. The lowest BCUT2D eigenvalue weighted by molar-refractivity contribution is 0.0347. The van der Waals surface area contributed by atoms with Gasteiger partial charge >= 0.3 is 0 Å². The number of piperazine rings is 1. The third kappa shape index (κ3) is 2.79. The van der Waals surface area contributed by atoms with Crippen LogP contribution in [0, 0.1) is 5.92 Å². The van der Waals surface area contributed by atoms with Crippen molar-refractivity contribution in [3.05, 3.63) is 24.3 Å². The number of hydrogen-bond donors (Lipinski definition) is 1. The van der Waals surface area contributed by atoms with Gasteiger partial charge in [0.05, 0.1) is 6.54 Å². The Labute approximate surface area is 115 Å². The van der Waals surface area contributed by atoms with E-state index in [1.54, 1.807) is 0 Å². The van der Waals surface area contributed by atoms with E-state index >= 15 is 0 Å². The maximum absolute atomic E-state index is 4.39. The van der Waals surface area contributed by atoms with Crippen molar-refractivity contribution in [2.45, 2.75) is 51.2 Å². The Kier molecular flexibility index (Phi) is 3.54. The van der Waals surface area contributed by atoms with Crippen LogP contribution in [-0.4, -0.2) is 39.5 Å². The molecule has 1 N–H and O–H groups in total. The van der Waals surface area contributed by atoms with Crippen LogP contribution in [0.3, 0.4) is 0 Å². The molecule has 3 rings (SSSR count). The summed E-state index contributed by atoms with van der Waals surface area (Å²) in [5.41, 5.74) is 0.227. The minimum atomic E-state index is 0.227. The first kappa shape index (κ1) is 13.0. The molecule has 1 aliphatic heterocycles. The van der Waals surface area contributed by atoms with E-state index < -0.39 is 0 Å². The van der Waals surface area contributed by atoms with Crippen molar-refractivity contribution in [2.75, 3.05) is 13.1 Å². The summed E-state index contributed by atoms with van der Waals surface area (Å²) >= 11 is 0. The number of nitrogens with zero attached hydrogens (tertiary/aromatic N) is 3. The molecule has 0 bridgehead atoms. The fraction of sp³-hybridized carbons (Fsp3) is 0.733. The van der Waals surface area contributed by atoms with E-state index in [4.69, 9.17) is 0 Å². The van der Waals surface area contributed by atoms with Crippen LogP contribution in [0.25, 0.3) is 0 Å². The second kappa shape index (κ2) is 5.17. The van der Waals surface area contributed by atoms with E-state index in [0.29, 0.717) is 6.04 Å². The molecular weight excluding hydrogens is 236 g/mol. The van der Waals surface area contributed by atoms with Crippen LogP contribution in [0.1, 0.15) is 38.9 Å². The van der Waals surface area contributed by atoms with Crippen molar-refractivity contribution < 1.29 is 0 Å². The van der Waals surface area contributed by atoms with Gasteiger partial charge in [0.2, 0.25) is 0 Å². The summed E-state index contributed by atoms with van der Waals surface area (Å²) < 4.78 is 0. The molecule has 1 aliphatic carbocycles. The van der Waals surface area contributed by atoms with Crippen molar-refractivity contribution in [2.24, 2.45) is 5.92 Å². The summed E-state index contributed by atoms with van der Waals surface area (Å²) in [5.74, 6) is 1.85. The fourth-order valence-electron chi connectivity index (χ4n) is 2.99. The zero-order chi connectivity index (χ0) is 13.3. The lowest BCUT2D eigenvalue weighted by Gasteiger charge is -2.47. The molecular formula is C15H24N4. The van der Waals surface area contributed by atoms with E-state index in [2.05, 4.69) is 34.0 Å². The average Bonchev–Trinajstić information content (AvgIpc) is 3.27. The summed E-state index contributed by atoms with van der Waals surface area (Å²) in [6, 6.07) is 2.55. The number of rotatable bonds is 4. The van der Waals surface area contributed by atoms with Crippen LogP contribution in [-0.2, 0) is 6.54 Å². The summed E-state index contributed by atoms with van der Waals surface area (Å²) in [6.07, 6.45) is 7.63. The van der Waals surface area contributed by atoms with Crippen molar-refractivity contribution in [1.29, 1.82) is 0 Å². The van der Waals surface area contributed by atoms with Crippen molar-refractivity contribution in [3.8, 4) is 0 Å². The average molecular weight is 260 g/mol. The van der Waals surface area contributed by atoms with Gasteiger partial charge in [-0.15, -0.1) is 0 Å². The summed E-state index contributed by atoms with van der Waals surface area (Å²) in [7, 11) is 0. The van der Waals surface area contributed by atoms with Crippen LogP contribution in [0.15, 0.2) is 18.5 Å². The zero-order valence-electron chi connectivity index (χ0n) is 12.0. The van der Waals surface area contributed by atoms with E-state index in [-0.39, 0.29) is 5.54 Å². The topological polar surface area (TPSA) is 41.0 Å². The van der Waals surface area contributed by atoms with Gasteiger partial charge in [-0.3, -0.25) is 4.90 Å². The Bertz CT molecular complexity index is 417. The van der Waals surface area contributed by atoms with E-state index in [1.807, 2.05) is 18.5 Å². The molecule has 0 aromatic carbocycles. The molecule has 104 valence electrons. The van der Waals surface area contributed by atoms with Gasteiger partial charge in [-0.2, -0.15) is 0 Å². The number of aromatic nitrogens is 2. The molecule has 0 amide bonds. The first-order chi connectivity index (χ1) is 9.21. The van der Waals surface area contributed by atoms with Crippen molar-refractivity contribution in [3.63, 3.8) is 0 Å². The lowest BCUT2D eigenvalue weighted by Crippen LogP contribution is -2.63. The Morgan fingerprint density at radius 1 is 1.37 bits per heavy atom. The smallest absolute Gasteiger partial charge is 0.142 e. The summed E-state index contributed by atoms with van der Waals surface area (Å²) in [5, 5.41) is 3.76. The molecule has 1 aromatic rings. The molecule has 2 fully saturated rings. The maximum atomic E-state index is 4.39. The van der Waals surface area contributed by atoms with Gasteiger partial charge in [-0.05, 0) is 38.2 Å². The second-order valence-corrected chi connectivity index (χ2v) is 6.22. The standard InChI is InChI=1S/C15H24N4/c1-3-15(2)11-18-13(12-5-6-12)9-19(15)10-14-16-7-4-8-17-14/h4,7-8,12-13,18H,3,5-6,9-11H2,1-2H3. The highest BCUT2D eigenvalue weighted by Gasteiger charge is 2.41. The van der Waals surface area contributed by atoms with Gasteiger partial charge in [-0.1, -0.05) is 6.92 Å². The highest BCUT2D eigenvalue weighted by Crippen LogP contribution is 2.36. The van der Waals surface area contributed by atoms with Gasteiger partial charge in [-0.25, -0.2) is 9.97 Å². The van der Waals surface area contributed by atoms with Gasteiger partial charge in [0.1, 0.15) is 5.82 Å². The van der Waals surface area contributed by atoms with E-state index in [9.17, 15) is 0 Å². The molecule has 2 aliphatic rings. The Morgan fingerprint density at radius 2 is 2.11 bits per heavy atom. The second-order valence-electron chi connectivity index (χ2n) is 6.22. The van der Waals surface area contributed by atoms with Crippen molar-refractivity contribution in [1.82, 2.24) is 20.2 Å². The molecule has 2 heterocycles. The molecule has 2 atom stereocenters. The molecule has 2 unspecified atom stereocenters. The fourth-order valence-corrected chi connectivity index (χ4v) is 2.99. The third-order valence-corrected chi connectivity index (χ3v) is 4.83. The summed E-state index contributed by atoms with van der Waals surface area (Å²) in [4.78, 5) is 11.4. The molecule has 1 saturated heterocycles. The Hall–Kier alpha value is -1.00. The first-order valence-corrected chi connectivity index (χ1v) is 7.45. The normalized spacial score (nSPS) is 32.4. The summed E-state index contributed by atoms with van der Waals surface area (Å²) in [6.45, 7) is 7.71. The Morgan fingerprint density at radius 3 is 2.74 bits per heavy atom. The SMILES string of the molecule is CCC1(C)CNC(C2CC2)CN1Cc1ncccn1. The first-order valence-electron chi connectivity index (χ1n) is 7.45. The quantitative estimate of drug-likeness (QED) is 0.896. The minimum absolute atomic E-state index is 0.227. The zero-order valence-corrected chi connectivity index (χ0v) is 12.0. The largest absolute Gasteiger partial charge is 0.311 e. The predicted octanol–water partition coefficient (Wildman–Crippen LogP) is 1.83. The molecule has 0 radical (unpaired) electrons. The monoisotopic (exact) mass is 260 g/mol. The molecule has 4 heteroatoms. The van der Waals surface area contributed by atoms with E-state index in [1.165, 1.54) is 12.8 Å². The van der Waals surface area contributed by atoms with Gasteiger partial charge in [0.15, 0.2) is 0 Å². The number of hydrogen-bond acceptors (Lipinski definition) is 4. The van der Waals surface area contributed by atoms with Crippen LogP contribution < -0.4 is 5.32 Å². The molecule has 4 nitrogen and oxygen atoms in total. The highest BCUT2D eigenvalue weighted by molar-refractivity contribution is 5.01. The van der Waals surface area contributed by atoms with Crippen molar-refractivity contribution >= 4 is 0 Å². The van der Waals surface area contributed by atoms with Crippen LogP contribution in [0.2, 0.25) is 0 Å². The molecule has 19 heavy (non-hydrogen) atoms. The minimum Gasteiger partial charge on any atom is -0.311 e. The molecule has 1 saturated carbocycles. The highest BCUT2D eigenvalue weighted by atomic mass is 15.3. The van der Waals surface area contributed by atoms with Gasteiger partial charge in [0, 0.05) is 37.1 Å². The Balaban J connectivity index is 1.73. The number of nitrogens with one attached hydrogen (secondary N) is 1. The van der Waals surface area contributed by atoms with E-state index in [0.717, 1.165) is 37.8 Å². The van der Waals surface area contributed by atoms with Crippen LogP contribution in [0.5, 0.6) is 0 Å². The third-order valence-electron chi connectivity index (χ3n) is 4.83. The molecule has 0 spiro atoms. The van der Waals surface area contributed by atoms with Gasteiger partial charge < -0.3 is 5.32 Å². The van der Waals surface area contributed by atoms with Crippen LogP contribution >= 0.6 is 0 Å². The maximum Gasteiger partial charge on any atom is 0.142 e. The van der Waals surface area contributed by atoms with Gasteiger partial charge in [0.25, 0.3) is 0 Å². The van der Waals surface area contributed by atoms with Crippen LogP contribution in [0.4, 0.5) is 0 Å².